The van der Waals surface area contributed by atoms with Crippen LogP contribution in [0.25, 0.3) is 0 Å². The Hall–Kier alpha value is -1.66. The molecule has 0 radical (unpaired) electrons. The van der Waals surface area contributed by atoms with Crippen molar-refractivity contribution in [3.8, 4) is 0 Å². The second-order valence-corrected chi connectivity index (χ2v) is 4.86. The second kappa shape index (κ2) is 6.67. The third-order valence-electron chi connectivity index (χ3n) is 3.31. The lowest BCUT2D eigenvalue weighted by Gasteiger charge is -2.32. The van der Waals surface area contributed by atoms with Gasteiger partial charge in [0.25, 0.3) is 11.6 Å². The van der Waals surface area contributed by atoms with Crippen molar-refractivity contribution >= 4 is 24.0 Å². The molecule has 1 unspecified atom stereocenters. The van der Waals surface area contributed by atoms with Crippen LogP contribution in [0.5, 0.6) is 0 Å². The van der Waals surface area contributed by atoms with Crippen molar-refractivity contribution in [3.63, 3.8) is 0 Å². The number of nitrogens with zero attached hydrogens (tertiary/aromatic N) is 2. The molecule has 6 nitrogen and oxygen atoms in total. The first-order valence-corrected chi connectivity index (χ1v) is 6.26. The van der Waals surface area contributed by atoms with Crippen LogP contribution in [0.1, 0.15) is 22.8 Å². The van der Waals surface area contributed by atoms with Gasteiger partial charge in [-0.25, -0.2) is 0 Å². The van der Waals surface area contributed by atoms with E-state index in [2.05, 4.69) is 5.32 Å². The van der Waals surface area contributed by atoms with Gasteiger partial charge in [0.15, 0.2) is 0 Å². The molecule has 0 bridgehead atoms. The lowest BCUT2D eigenvalue weighted by atomic mass is 10.1. The normalized spacial score (nSPS) is 18.3. The number of hydrogen-bond acceptors (Lipinski definition) is 4. The maximum Gasteiger partial charge on any atom is 0.269 e. The summed E-state index contributed by atoms with van der Waals surface area (Å²) in [6.07, 6.45) is 0. The number of nitro benzene ring substituents is 1. The molecule has 1 atom stereocenters. The number of benzene rings is 1. The summed E-state index contributed by atoms with van der Waals surface area (Å²) in [5, 5.41) is 14.0. The zero-order valence-corrected chi connectivity index (χ0v) is 12.3. The zero-order valence-electron chi connectivity index (χ0n) is 11.5. The third kappa shape index (κ3) is 3.46. The fourth-order valence-electron chi connectivity index (χ4n) is 2.29. The number of non-ortho nitro benzene ring substituents is 1. The first-order valence-electron chi connectivity index (χ1n) is 6.26. The number of carbonyl (C=O) groups excluding carboxylic acids is 1. The number of rotatable bonds is 2. The molecule has 1 N–H and O–H groups in total. The van der Waals surface area contributed by atoms with E-state index in [1.165, 1.54) is 12.1 Å². The average molecular weight is 300 g/mol. The summed E-state index contributed by atoms with van der Waals surface area (Å²) in [5.74, 6) is -0.0549. The molecule has 7 heteroatoms. The number of halogens is 1. The molecular weight excluding hydrogens is 282 g/mol. The molecule has 1 fully saturated rings. The molecule has 1 aromatic carbocycles. The summed E-state index contributed by atoms with van der Waals surface area (Å²) in [6.45, 7) is 5.86. The van der Waals surface area contributed by atoms with Crippen LogP contribution in [0.15, 0.2) is 18.2 Å². The third-order valence-corrected chi connectivity index (χ3v) is 3.31. The number of nitro groups is 1. The van der Waals surface area contributed by atoms with E-state index in [-0.39, 0.29) is 30.0 Å². The smallest absolute Gasteiger partial charge is 0.269 e. The average Bonchev–Trinajstić information content (AvgIpc) is 2.37. The number of hydrogen-bond donors (Lipinski definition) is 1. The van der Waals surface area contributed by atoms with Crippen molar-refractivity contribution in [2.75, 3.05) is 19.6 Å². The number of nitrogens with one attached hydrogen (secondary N) is 1. The Bertz CT molecular complexity index is 522. The molecule has 1 saturated heterocycles. The summed E-state index contributed by atoms with van der Waals surface area (Å²) in [4.78, 5) is 24.4. The van der Waals surface area contributed by atoms with E-state index in [9.17, 15) is 14.9 Å². The van der Waals surface area contributed by atoms with Crippen molar-refractivity contribution in [3.05, 3.63) is 39.4 Å². The first kappa shape index (κ1) is 16.4. The molecule has 0 aliphatic carbocycles. The van der Waals surface area contributed by atoms with Crippen LogP contribution in [0, 0.1) is 17.0 Å². The van der Waals surface area contributed by atoms with Crippen molar-refractivity contribution in [2.24, 2.45) is 0 Å². The standard InChI is InChI=1S/C13H17N3O3.ClH/c1-9-7-11(16(18)19)3-4-12(9)13(17)15-6-5-14-10(2)8-15;/h3-4,7,10,14H,5-6,8H2,1-2H3;1H. The Kier molecular flexibility index (Phi) is 5.47. The van der Waals surface area contributed by atoms with Gasteiger partial charge in [0.2, 0.25) is 0 Å². The Balaban J connectivity index is 0.00000200. The lowest BCUT2D eigenvalue weighted by molar-refractivity contribution is -0.384. The van der Waals surface area contributed by atoms with Gasteiger partial charge >= 0.3 is 0 Å². The summed E-state index contributed by atoms with van der Waals surface area (Å²) in [6, 6.07) is 4.64. The quantitative estimate of drug-likeness (QED) is 0.667. The molecule has 1 amide bonds. The van der Waals surface area contributed by atoms with Gasteiger partial charge < -0.3 is 10.2 Å². The molecule has 1 heterocycles. The summed E-state index contributed by atoms with van der Waals surface area (Å²) < 4.78 is 0. The van der Waals surface area contributed by atoms with Gasteiger partial charge in [0, 0.05) is 43.4 Å². The van der Waals surface area contributed by atoms with Crippen molar-refractivity contribution in [2.45, 2.75) is 19.9 Å². The highest BCUT2D eigenvalue weighted by Crippen LogP contribution is 2.19. The maximum atomic E-state index is 12.4. The topological polar surface area (TPSA) is 75.5 Å². The molecule has 20 heavy (non-hydrogen) atoms. The van der Waals surface area contributed by atoms with Crippen LogP contribution in [-0.4, -0.2) is 41.4 Å². The number of carbonyl (C=O) groups is 1. The number of piperazine rings is 1. The van der Waals surface area contributed by atoms with E-state index >= 15 is 0 Å². The van der Waals surface area contributed by atoms with Crippen molar-refractivity contribution in [1.29, 1.82) is 0 Å². The molecule has 1 aliphatic heterocycles. The molecule has 2 rings (SSSR count). The predicted octanol–water partition coefficient (Wildman–Crippen LogP) is 1.76. The maximum absolute atomic E-state index is 12.4. The van der Waals surface area contributed by atoms with Crippen LogP contribution in [0.2, 0.25) is 0 Å². The molecule has 0 saturated carbocycles. The largest absolute Gasteiger partial charge is 0.336 e. The number of amides is 1. The zero-order chi connectivity index (χ0) is 14.0. The van der Waals surface area contributed by atoms with Gasteiger partial charge in [0.05, 0.1) is 4.92 Å². The van der Waals surface area contributed by atoms with E-state index in [0.29, 0.717) is 24.2 Å². The van der Waals surface area contributed by atoms with Gasteiger partial charge in [-0.05, 0) is 25.5 Å². The highest BCUT2D eigenvalue weighted by molar-refractivity contribution is 5.96. The Morgan fingerprint density at radius 3 is 2.75 bits per heavy atom. The van der Waals surface area contributed by atoms with E-state index in [1.54, 1.807) is 17.9 Å². The molecule has 1 aliphatic rings. The Morgan fingerprint density at radius 2 is 2.20 bits per heavy atom. The van der Waals surface area contributed by atoms with Crippen LogP contribution in [-0.2, 0) is 0 Å². The minimum Gasteiger partial charge on any atom is -0.336 e. The van der Waals surface area contributed by atoms with Gasteiger partial charge in [-0.3, -0.25) is 14.9 Å². The molecular formula is C13H18ClN3O3. The first-order chi connectivity index (χ1) is 8.99. The van der Waals surface area contributed by atoms with Crippen LogP contribution >= 0.6 is 12.4 Å². The van der Waals surface area contributed by atoms with E-state index in [4.69, 9.17) is 0 Å². The highest BCUT2D eigenvalue weighted by atomic mass is 35.5. The van der Waals surface area contributed by atoms with Crippen molar-refractivity contribution in [1.82, 2.24) is 10.2 Å². The summed E-state index contributed by atoms with van der Waals surface area (Å²) in [7, 11) is 0. The van der Waals surface area contributed by atoms with Crippen LogP contribution < -0.4 is 5.32 Å². The van der Waals surface area contributed by atoms with E-state index in [0.717, 1.165) is 6.54 Å². The summed E-state index contributed by atoms with van der Waals surface area (Å²) in [5.41, 5.74) is 1.20. The Labute approximate surface area is 123 Å². The predicted molar refractivity (Wildman–Crippen MR) is 78.4 cm³/mol. The fourth-order valence-corrected chi connectivity index (χ4v) is 2.29. The Morgan fingerprint density at radius 1 is 1.50 bits per heavy atom. The highest BCUT2D eigenvalue weighted by Gasteiger charge is 2.23. The second-order valence-electron chi connectivity index (χ2n) is 4.86. The molecule has 110 valence electrons. The van der Waals surface area contributed by atoms with E-state index < -0.39 is 4.92 Å². The minimum atomic E-state index is -0.450. The fraction of sp³-hybridized carbons (Fsp3) is 0.462. The summed E-state index contributed by atoms with van der Waals surface area (Å²) >= 11 is 0. The minimum absolute atomic E-state index is 0. The molecule has 0 aromatic heterocycles. The van der Waals surface area contributed by atoms with Gasteiger partial charge in [-0.15, -0.1) is 12.4 Å². The molecule has 0 spiro atoms. The van der Waals surface area contributed by atoms with Gasteiger partial charge in [-0.2, -0.15) is 0 Å². The number of aryl methyl sites for hydroxylation is 1. The monoisotopic (exact) mass is 299 g/mol. The lowest BCUT2D eigenvalue weighted by Crippen LogP contribution is -2.51. The van der Waals surface area contributed by atoms with Gasteiger partial charge in [0.1, 0.15) is 0 Å². The SMILES string of the molecule is Cc1cc([N+](=O)[O-])ccc1C(=O)N1CCNC(C)C1.Cl. The van der Waals surface area contributed by atoms with E-state index in [1.807, 2.05) is 6.92 Å². The van der Waals surface area contributed by atoms with Gasteiger partial charge in [-0.1, -0.05) is 0 Å². The molecule has 1 aromatic rings. The van der Waals surface area contributed by atoms with Crippen LogP contribution in [0.3, 0.4) is 0 Å². The van der Waals surface area contributed by atoms with Crippen LogP contribution in [0.4, 0.5) is 5.69 Å². The van der Waals surface area contributed by atoms with Crippen molar-refractivity contribution < 1.29 is 9.72 Å².